The number of aromatic nitrogens is 1. The van der Waals surface area contributed by atoms with E-state index in [1.54, 1.807) is 11.1 Å². The summed E-state index contributed by atoms with van der Waals surface area (Å²) in [6, 6.07) is 10.4. The topological polar surface area (TPSA) is 84.1 Å². The largest absolute Gasteiger partial charge is 0.511 e. The van der Waals surface area contributed by atoms with E-state index < -0.39 is 29.0 Å². The maximum absolute atomic E-state index is 15.7. The number of carbonyl (C=O) groups is 1. The van der Waals surface area contributed by atoms with Crippen LogP contribution in [0.15, 0.2) is 52.4 Å². The van der Waals surface area contributed by atoms with Gasteiger partial charge in [0.15, 0.2) is 11.6 Å². The average Bonchev–Trinajstić information content (AvgIpc) is 3.53. The fourth-order valence-corrected chi connectivity index (χ4v) is 4.30. The van der Waals surface area contributed by atoms with Crippen LogP contribution < -0.4 is 15.1 Å². The van der Waals surface area contributed by atoms with Crippen LogP contribution in [0.5, 0.6) is 5.75 Å². The van der Waals surface area contributed by atoms with Crippen LogP contribution in [0.4, 0.5) is 19.3 Å². The van der Waals surface area contributed by atoms with E-state index in [1.165, 1.54) is 10.8 Å². The Hall–Kier alpha value is -3.75. The molecule has 0 spiro atoms. The van der Waals surface area contributed by atoms with Crippen molar-refractivity contribution in [3.8, 4) is 5.75 Å². The van der Waals surface area contributed by atoms with Gasteiger partial charge in [0.1, 0.15) is 11.5 Å². The lowest BCUT2D eigenvalue weighted by molar-refractivity contribution is 0.143. The highest BCUT2D eigenvalue weighted by molar-refractivity contribution is 5.86. The molecule has 33 heavy (non-hydrogen) atoms. The molecular weight excluding hydrogens is 432 g/mol. The van der Waals surface area contributed by atoms with E-state index in [0.717, 1.165) is 24.5 Å². The van der Waals surface area contributed by atoms with Crippen LogP contribution >= 0.6 is 0 Å². The van der Waals surface area contributed by atoms with Crippen molar-refractivity contribution in [3.63, 3.8) is 0 Å². The van der Waals surface area contributed by atoms with Gasteiger partial charge in [0.05, 0.1) is 23.1 Å². The molecule has 1 aliphatic heterocycles. The van der Waals surface area contributed by atoms with Crippen molar-refractivity contribution in [2.75, 3.05) is 18.0 Å². The van der Waals surface area contributed by atoms with Crippen LogP contribution in [0.3, 0.4) is 0 Å². The fourth-order valence-electron chi connectivity index (χ4n) is 4.30. The third-order valence-electron chi connectivity index (χ3n) is 6.00. The molecule has 2 heterocycles. The first-order valence-electron chi connectivity index (χ1n) is 10.7. The first-order valence-corrected chi connectivity index (χ1v) is 10.7. The Morgan fingerprint density at radius 2 is 1.94 bits per heavy atom. The highest BCUT2D eigenvalue weighted by atomic mass is 19.1. The van der Waals surface area contributed by atoms with Gasteiger partial charge in [-0.3, -0.25) is 9.79 Å². The summed E-state index contributed by atoms with van der Waals surface area (Å²) >= 11 is 0. The minimum atomic E-state index is -1.66. The maximum atomic E-state index is 15.7. The van der Waals surface area contributed by atoms with Crippen LogP contribution in [0, 0.1) is 11.6 Å². The lowest BCUT2D eigenvalue weighted by Gasteiger charge is -2.22. The molecule has 0 amide bonds. The molecule has 1 aromatic heterocycles. The van der Waals surface area contributed by atoms with E-state index in [9.17, 15) is 9.59 Å². The van der Waals surface area contributed by atoms with Gasteiger partial charge in [-0.25, -0.2) is 13.6 Å². The zero-order chi connectivity index (χ0) is 23.1. The summed E-state index contributed by atoms with van der Waals surface area (Å²) in [6.45, 7) is 0.764. The number of pyridine rings is 1. The molecule has 1 N–H and O–H groups in total. The number of hydrogen-bond donors (Lipinski definition) is 1. The van der Waals surface area contributed by atoms with Crippen molar-refractivity contribution in [2.24, 2.45) is 4.99 Å². The molecule has 5 rings (SSSR count). The molecule has 1 saturated carbocycles. The van der Waals surface area contributed by atoms with Gasteiger partial charge in [-0.15, -0.1) is 0 Å². The van der Waals surface area contributed by atoms with E-state index in [-0.39, 0.29) is 28.7 Å². The van der Waals surface area contributed by atoms with Crippen molar-refractivity contribution in [2.45, 2.75) is 31.3 Å². The van der Waals surface area contributed by atoms with Crippen molar-refractivity contribution in [3.05, 3.63) is 70.0 Å². The molecule has 1 saturated heterocycles. The Kier molecular flexibility index (Phi) is 5.32. The lowest BCUT2D eigenvalue weighted by Crippen LogP contribution is -2.24. The van der Waals surface area contributed by atoms with Gasteiger partial charge < -0.3 is 19.3 Å². The van der Waals surface area contributed by atoms with Crippen LogP contribution in [-0.4, -0.2) is 41.2 Å². The number of ether oxygens (including phenoxy) is 1. The molecule has 170 valence electrons. The molecule has 2 aliphatic rings. The number of hydrogen-bond acceptors (Lipinski definition) is 5. The summed E-state index contributed by atoms with van der Waals surface area (Å²) in [5.74, 6) is -2.17. The smallest absolute Gasteiger partial charge is 0.449 e. The van der Waals surface area contributed by atoms with Gasteiger partial charge in [-0.1, -0.05) is 30.3 Å². The second-order valence-corrected chi connectivity index (χ2v) is 8.32. The molecule has 0 bridgehead atoms. The van der Waals surface area contributed by atoms with E-state index in [2.05, 4.69) is 9.73 Å². The summed E-state index contributed by atoms with van der Waals surface area (Å²) < 4.78 is 36.9. The lowest BCUT2D eigenvalue weighted by atomic mass is 10.1. The van der Waals surface area contributed by atoms with Crippen molar-refractivity contribution < 1.29 is 23.4 Å². The summed E-state index contributed by atoms with van der Waals surface area (Å²) in [7, 11) is 0. The van der Waals surface area contributed by atoms with Crippen LogP contribution in [0.1, 0.15) is 30.9 Å². The summed E-state index contributed by atoms with van der Waals surface area (Å²) in [5.41, 5.74) is -0.138. The first-order chi connectivity index (χ1) is 15.9. The Balaban J connectivity index is 1.52. The number of rotatable bonds is 5. The molecule has 7 nitrogen and oxygen atoms in total. The second kappa shape index (κ2) is 8.31. The number of halogens is 2. The van der Waals surface area contributed by atoms with Crippen LogP contribution in [-0.2, 0) is 0 Å². The Bertz CT molecular complexity index is 1320. The Morgan fingerprint density at radius 1 is 1.18 bits per heavy atom. The van der Waals surface area contributed by atoms with E-state index in [1.807, 2.05) is 30.3 Å². The molecule has 2 aromatic carbocycles. The minimum absolute atomic E-state index is 0.0344. The van der Waals surface area contributed by atoms with Gasteiger partial charge in [-0.05, 0) is 30.9 Å². The molecule has 2 fully saturated rings. The van der Waals surface area contributed by atoms with Gasteiger partial charge in [0.2, 0.25) is 5.43 Å². The summed E-state index contributed by atoms with van der Waals surface area (Å²) in [4.78, 5) is 29.8. The van der Waals surface area contributed by atoms with Gasteiger partial charge >= 0.3 is 6.16 Å². The number of aliphatic imine (C=N–C) groups is 1. The second-order valence-electron chi connectivity index (χ2n) is 8.32. The molecule has 3 aromatic rings. The monoisotopic (exact) mass is 453 g/mol. The zero-order valence-corrected chi connectivity index (χ0v) is 17.6. The highest BCUT2D eigenvalue weighted by Crippen LogP contribution is 2.40. The van der Waals surface area contributed by atoms with Crippen LogP contribution in [0.25, 0.3) is 10.9 Å². The number of carboxylic acid groups (broad SMARTS) is 1. The summed E-state index contributed by atoms with van der Waals surface area (Å²) in [5, 5.41) is 8.67. The Labute approximate surface area is 187 Å². The predicted molar refractivity (Wildman–Crippen MR) is 120 cm³/mol. The van der Waals surface area contributed by atoms with E-state index >= 15 is 8.78 Å². The average molecular weight is 453 g/mol. The SMILES string of the molecule is O=C(O)Oc1cn(C2CC2)c2c(F)c(N3CCC(N=Cc4ccccc4)C3)c(F)cc2c1=O. The van der Waals surface area contributed by atoms with Gasteiger partial charge in [0, 0.05) is 25.3 Å². The molecule has 1 aliphatic carbocycles. The van der Waals surface area contributed by atoms with Gasteiger partial charge in [0.25, 0.3) is 0 Å². The molecule has 1 atom stereocenters. The third kappa shape index (κ3) is 4.06. The molecule has 0 radical (unpaired) electrons. The van der Waals surface area contributed by atoms with Crippen molar-refractivity contribution >= 4 is 29.0 Å². The van der Waals surface area contributed by atoms with Gasteiger partial charge in [-0.2, -0.15) is 0 Å². The van der Waals surface area contributed by atoms with Crippen molar-refractivity contribution in [1.82, 2.24) is 4.57 Å². The summed E-state index contributed by atoms with van der Waals surface area (Å²) in [6.07, 6.45) is 3.44. The highest BCUT2D eigenvalue weighted by Gasteiger charge is 2.32. The van der Waals surface area contributed by atoms with E-state index in [4.69, 9.17) is 5.11 Å². The fraction of sp³-hybridized carbons (Fsp3) is 0.292. The Morgan fingerprint density at radius 3 is 2.64 bits per heavy atom. The van der Waals surface area contributed by atoms with E-state index in [0.29, 0.717) is 19.5 Å². The minimum Gasteiger partial charge on any atom is -0.449 e. The predicted octanol–water partition coefficient (Wildman–Crippen LogP) is 4.37. The standard InChI is InChI=1S/C24H21F2N3O4/c25-18-10-17-21(29(16-6-7-16)13-19(23(17)30)33-24(31)32)20(26)22(18)28-9-8-15(12-28)27-11-14-4-2-1-3-5-14/h1-5,10-11,13,15-16H,6-9,12H2,(H,31,32). The van der Waals surface area contributed by atoms with Crippen LogP contribution in [0.2, 0.25) is 0 Å². The van der Waals surface area contributed by atoms with Crippen molar-refractivity contribution in [1.29, 1.82) is 0 Å². The maximum Gasteiger partial charge on any atom is 0.511 e. The third-order valence-corrected chi connectivity index (χ3v) is 6.00. The molecule has 1 unspecified atom stereocenters. The number of anilines is 1. The number of fused-ring (bicyclic) bond motifs is 1. The first kappa shape index (κ1) is 21.1. The zero-order valence-electron chi connectivity index (χ0n) is 17.6. The molecule has 9 heteroatoms. The molecular formula is C24H21F2N3O4. The normalized spacial score (nSPS) is 18.4. The quantitative estimate of drug-likeness (QED) is 0.458. The number of nitrogens with zero attached hydrogens (tertiary/aromatic N) is 3. The number of benzene rings is 2.